The number of aromatic amines is 1. The molecule has 1 aliphatic rings. The fraction of sp³-hybridized carbons (Fsp3) is 0.212. The van der Waals surface area contributed by atoms with Gasteiger partial charge in [-0.3, -0.25) is 0 Å². The first-order valence-electron chi connectivity index (χ1n) is 13.2. The van der Waals surface area contributed by atoms with Gasteiger partial charge in [0, 0.05) is 22.2 Å². The summed E-state index contributed by atoms with van der Waals surface area (Å²) in [6.45, 7) is 0.975. The van der Waals surface area contributed by atoms with Crippen LogP contribution in [0.3, 0.4) is 0 Å². The number of allylic oxidation sites excluding steroid dienone is 1. The van der Waals surface area contributed by atoms with Crippen LogP contribution in [-0.2, 0) is 27.4 Å². The molecule has 1 N–H and O–H groups in total. The van der Waals surface area contributed by atoms with Crippen LogP contribution in [0.15, 0.2) is 103 Å². The van der Waals surface area contributed by atoms with Crippen LogP contribution in [0.1, 0.15) is 39.6 Å². The zero-order valence-corrected chi connectivity index (χ0v) is 21.7. The molecule has 0 spiro atoms. The van der Waals surface area contributed by atoms with Crippen molar-refractivity contribution in [3.63, 3.8) is 0 Å². The number of esters is 1. The van der Waals surface area contributed by atoms with Crippen molar-refractivity contribution < 1.29 is 19.0 Å². The molecule has 196 valence electrons. The molecule has 39 heavy (non-hydrogen) atoms. The molecule has 1 aliphatic carbocycles. The topological polar surface area (TPSA) is 73.4 Å². The summed E-state index contributed by atoms with van der Waals surface area (Å²) >= 11 is 0. The van der Waals surface area contributed by atoms with Crippen LogP contribution < -0.4 is 0 Å². The highest BCUT2D eigenvalue weighted by Crippen LogP contribution is 2.37. The Morgan fingerprint density at radius 1 is 0.846 bits per heavy atom. The highest BCUT2D eigenvalue weighted by molar-refractivity contribution is 6.09. The normalized spacial score (nSPS) is 18.9. The molecule has 3 atom stereocenters. The summed E-state index contributed by atoms with van der Waals surface area (Å²) in [6, 6.07) is 30.2. The Bertz CT molecular complexity index is 1610. The van der Waals surface area contributed by atoms with Crippen LogP contribution in [0.25, 0.3) is 21.8 Å². The molecule has 0 radical (unpaired) electrons. The molecule has 0 fully saturated rings. The van der Waals surface area contributed by atoms with E-state index in [1.807, 2.05) is 60.7 Å². The maximum absolute atomic E-state index is 12.6. The molecule has 0 amide bonds. The van der Waals surface area contributed by atoms with Gasteiger partial charge in [0.2, 0.25) is 0 Å². The molecule has 0 saturated heterocycles. The maximum atomic E-state index is 12.6. The second-order valence-corrected chi connectivity index (χ2v) is 9.80. The van der Waals surface area contributed by atoms with Gasteiger partial charge in [0.05, 0.1) is 37.6 Å². The van der Waals surface area contributed by atoms with Gasteiger partial charge in [-0.15, -0.1) is 0 Å². The van der Waals surface area contributed by atoms with E-state index >= 15 is 0 Å². The monoisotopic (exact) mass is 518 g/mol. The smallest absolute Gasteiger partial charge is 0.356 e. The Kier molecular flexibility index (Phi) is 7.21. The van der Waals surface area contributed by atoms with Crippen LogP contribution in [0.2, 0.25) is 0 Å². The molecule has 1 unspecified atom stereocenters. The average Bonchev–Trinajstić information content (AvgIpc) is 3.38. The number of para-hydroxylation sites is 1. The number of ether oxygens (including phenoxy) is 3. The van der Waals surface area contributed by atoms with Crippen molar-refractivity contribution in [1.82, 2.24) is 9.97 Å². The van der Waals surface area contributed by atoms with Gasteiger partial charge in [0.15, 0.2) is 0 Å². The van der Waals surface area contributed by atoms with Gasteiger partial charge in [-0.25, -0.2) is 9.78 Å². The molecule has 0 saturated carbocycles. The zero-order valence-electron chi connectivity index (χ0n) is 21.7. The van der Waals surface area contributed by atoms with E-state index in [1.54, 1.807) is 0 Å². The molecule has 6 heteroatoms. The second kappa shape index (κ2) is 11.2. The minimum Gasteiger partial charge on any atom is -0.464 e. The van der Waals surface area contributed by atoms with Crippen LogP contribution in [0, 0.1) is 0 Å². The minimum absolute atomic E-state index is 0.0810. The van der Waals surface area contributed by atoms with Gasteiger partial charge in [0.1, 0.15) is 11.8 Å². The first-order valence-corrected chi connectivity index (χ1v) is 13.2. The third-order valence-corrected chi connectivity index (χ3v) is 7.25. The number of aromatic nitrogens is 2. The molecular weight excluding hydrogens is 488 g/mol. The van der Waals surface area contributed by atoms with Crippen molar-refractivity contribution in [3.8, 4) is 0 Å². The van der Waals surface area contributed by atoms with Gasteiger partial charge >= 0.3 is 5.97 Å². The van der Waals surface area contributed by atoms with Gasteiger partial charge in [-0.1, -0.05) is 91.0 Å². The molecule has 2 heterocycles. The predicted octanol–water partition coefficient (Wildman–Crippen LogP) is 6.72. The van der Waals surface area contributed by atoms with Gasteiger partial charge in [0.25, 0.3) is 0 Å². The number of carbonyl (C=O) groups excluding carboxylic acids is 1. The van der Waals surface area contributed by atoms with Crippen LogP contribution >= 0.6 is 0 Å². The SMILES string of the molecule is COC(=O)c1cc2c([nH]c3ccccc32)c([C@@H]2C=CC(OCc3ccccc3)[C@H](OCc3ccccc3)C2)n1. The Labute approximate surface area is 227 Å². The summed E-state index contributed by atoms with van der Waals surface area (Å²) < 4.78 is 17.9. The van der Waals surface area contributed by atoms with Crippen LogP contribution in [-0.4, -0.2) is 35.3 Å². The highest BCUT2D eigenvalue weighted by atomic mass is 16.5. The first-order chi connectivity index (χ1) is 19.2. The molecular formula is C33H30N2O4. The first kappa shape index (κ1) is 25.0. The number of rotatable bonds is 8. The van der Waals surface area contributed by atoms with E-state index in [2.05, 4.69) is 47.5 Å². The Morgan fingerprint density at radius 2 is 1.51 bits per heavy atom. The van der Waals surface area contributed by atoms with Gasteiger partial charge in [-0.05, 0) is 29.7 Å². The van der Waals surface area contributed by atoms with E-state index < -0.39 is 5.97 Å². The largest absolute Gasteiger partial charge is 0.464 e. The average molecular weight is 519 g/mol. The molecule has 5 aromatic rings. The van der Waals surface area contributed by atoms with E-state index in [4.69, 9.17) is 19.2 Å². The minimum atomic E-state index is -0.454. The second-order valence-electron chi connectivity index (χ2n) is 9.80. The molecule has 2 aromatic heterocycles. The number of hydrogen-bond acceptors (Lipinski definition) is 5. The van der Waals surface area contributed by atoms with Crippen LogP contribution in [0.4, 0.5) is 0 Å². The summed E-state index contributed by atoms with van der Waals surface area (Å²) in [7, 11) is 1.38. The number of nitrogens with one attached hydrogen (secondary N) is 1. The number of pyridine rings is 1. The van der Waals surface area contributed by atoms with E-state index in [9.17, 15) is 4.79 Å². The molecule has 0 aliphatic heterocycles. The van der Waals surface area contributed by atoms with Crippen molar-refractivity contribution >= 4 is 27.8 Å². The number of nitrogens with zero attached hydrogens (tertiary/aromatic N) is 1. The highest BCUT2D eigenvalue weighted by Gasteiger charge is 2.31. The fourth-order valence-corrected chi connectivity index (χ4v) is 5.25. The maximum Gasteiger partial charge on any atom is 0.356 e. The third-order valence-electron chi connectivity index (χ3n) is 7.25. The predicted molar refractivity (Wildman–Crippen MR) is 151 cm³/mol. The summed E-state index contributed by atoms with van der Waals surface area (Å²) in [6.07, 6.45) is 4.45. The lowest BCUT2D eigenvalue weighted by molar-refractivity contribution is -0.0729. The van der Waals surface area contributed by atoms with E-state index in [-0.39, 0.29) is 18.1 Å². The number of carbonyl (C=O) groups is 1. The lowest BCUT2D eigenvalue weighted by Gasteiger charge is -2.32. The van der Waals surface area contributed by atoms with Crippen molar-refractivity contribution in [3.05, 3.63) is 126 Å². The number of benzene rings is 3. The van der Waals surface area contributed by atoms with Crippen LogP contribution in [0.5, 0.6) is 0 Å². The zero-order chi connectivity index (χ0) is 26.6. The molecule has 0 bridgehead atoms. The van der Waals surface area contributed by atoms with Crippen molar-refractivity contribution in [2.45, 2.75) is 37.8 Å². The molecule has 6 rings (SSSR count). The lowest BCUT2D eigenvalue weighted by Crippen LogP contribution is -2.34. The molecule has 6 nitrogen and oxygen atoms in total. The molecule has 3 aromatic carbocycles. The Hall–Kier alpha value is -4.26. The summed E-state index contributed by atoms with van der Waals surface area (Å²) in [4.78, 5) is 20.9. The van der Waals surface area contributed by atoms with Crippen molar-refractivity contribution in [1.29, 1.82) is 0 Å². The van der Waals surface area contributed by atoms with Crippen molar-refractivity contribution in [2.24, 2.45) is 0 Å². The third kappa shape index (κ3) is 5.35. The number of fused-ring (bicyclic) bond motifs is 3. The van der Waals surface area contributed by atoms with E-state index in [0.717, 1.165) is 38.6 Å². The summed E-state index contributed by atoms with van der Waals surface area (Å²) in [5.41, 5.74) is 5.23. The number of H-pyrrole nitrogens is 1. The lowest BCUT2D eigenvalue weighted by atomic mass is 9.87. The Morgan fingerprint density at radius 3 is 2.23 bits per heavy atom. The summed E-state index contributed by atoms with van der Waals surface area (Å²) in [5, 5.41) is 2.00. The summed E-state index contributed by atoms with van der Waals surface area (Å²) in [5.74, 6) is -0.535. The van der Waals surface area contributed by atoms with Crippen molar-refractivity contribution in [2.75, 3.05) is 7.11 Å². The standard InChI is InChI=1S/C33H30N2O4/c1-37-33(36)28-19-26-25-14-8-9-15-27(25)34-32(26)31(35-28)24-16-17-29(38-20-22-10-4-2-5-11-22)30(18-24)39-21-23-12-6-3-7-13-23/h2-17,19,24,29-30,34H,18,20-21H2,1H3/t24-,29?,30-/m1/s1. The fourth-order valence-electron chi connectivity index (χ4n) is 5.25. The quantitative estimate of drug-likeness (QED) is 0.182. The number of methoxy groups -OCH3 is 1. The Balaban J connectivity index is 1.35. The van der Waals surface area contributed by atoms with E-state index in [0.29, 0.717) is 25.3 Å². The van der Waals surface area contributed by atoms with Gasteiger partial charge < -0.3 is 19.2 Å². The van der Waals surface area contributed by atoms with E-state index in [1.165, 1.54) is 7.11 Å². The van der Waals surface area contributed by atoms with Gasteiger partial charge in [-0.2, -0.15) is 0 Å². The number of hydrogen-bond donors (Lipinski definition) is 1.